The molecule has 1 amide bonds. The number of fused-ring (bicyclic) bond motifs is 1. The Balaban J connectivity index is 1.65. The van der Waals surface area contributed by atoms with E-state index in [4.69, 9.17) is 4.74 Å². The van der Waals surface area contributed by atoms with E-state index in [1.807, 2.05) is 0 Å². The van der Waals surface area contributed by atoms with Crippen LogP contribution >= 0.6 is 23.5 Å². The zero-order valence-electron chi connectivity index (χ0n) is 14.2. The number of benzene rings is 1. The van der Waals surface area contributed by atoms with E-state index < -0.39 is 0 Å². The molecule has 0 bridgehead atoms. The number of thioether (sulfide) groups is 2. The van der Waals surface area contributed by atoms with Crippen LogP contribution in [0.1, 0.15) is 12.6 Å². The van der Waals surface area contributed by atoms with Gasteiger partial charge in [-0.3, -0.25) is 14.2 Å². The third-order valence-electron chi connectivity index (χ3n) is 3.78. The van der Waals surface area contributed by atoms with Gasteiger partial charge in [0, 0.05) is 24.4 Å². The summed E-state index contributed by atoms with van der Waals surface area (Å²) < 4.78 is 6.61. The highest BCUT2D eigenvalue weighted by Crippen LogP contribution is 2.33. The number of carbonyl (C=O) groups excluding carboxylic acids is 1. The molecule has 2 heterocycles. The standard InChI is InChI=1S/C17H19N3O3S2/c1-10-8-13-15(25-10)16(22)20(2)17(19-13)24-9-14(21)18-11-4-6-12(23-3)7-5-11/h4-7,10H,8-9H2,1-3H3,(H,18,21)/t10-/m1/s1. The van der Waals surface area contributed by atoms with Gasteiger partial charge in [0.05, 0.1) is 23.5 Å². The van der Waals surface area contributed by atoms with Gasteiger partial charge >= 0.3 is 0 Å². The highest BCUT2D eigenvalue weighted by molar-refractivity contribution is 8.00. The average molecular weight is 377 g/mol. The summed E-state index contributed by atoms with van der Waals surface area (Å²) in [4.78, 5) is 29.9. The van der Waals surface area contributed by atoms with Gasteiger partial charge in [0.15, 0.2) is 5.16 Å². The van der Waals surface area contributed by atoms with Gasteiger partial charge in [-0.1, -0.05) is 18.7 Å². The van der Waals surface area contributed by atoms with E-state index in [0.717, 1.165) is 22.8 Å². The van der Waals surface area contributed by atoms with Crippen LogP contribution in [0.2, 0.25) is 0 Å². The monoisotopic (exact) mass is 377 g/mol. The maximum Gasteiger partial charge on any atom is 0.267 e. The number of nitrogens with one attached hydrogen (secondary N) is 1. The van der Waals surface area contributed by atoms with Crippen molar-refractivity contribution < 1.29 is 9.53 Å². The molecule has 25 heavy (non-hydrogen) atoms. The number of nitrogens with zero attached hydrogens (tertiary/aromatic N) is 2. The number of ether oxygens (including phenoxy) is 1. The SMILES string of the molecule is COc1ccc(NC(=O)CSc2nc3c(c(=O)n2C)S[C@H](C)C3)cc1. The van der Waals surface area contributed by atoms with Crippen molar-refractivity contribution in [1.82, 2.24) is 9.55 Å². The van der Waals surface area contributed by atoms with E-state index in [2.05, 4.69) is 17.2 Å². The van der Waals surface area contributed by atoms with E-state index in [1.54, 1.807) is 50.2 Å². The van der Waals surface area contributed by atoms with Gasteiger partial charge in [0.1, 0.15) is 5.75 Å². The molecule has 1 aromatic carbocycles. The molecule has 0 radical (unpaired) electrons. The normalized spacial score (nSPS) is 15.7. The fraction of sp³-hybridized carbons (Fsp3) is 0.353. The highest BCUT2D eigenvalue weighted by Gasteiger charge is 2.25. The molecule has 1 N–H and O–H groups in total. The van der Waals surface area contributed by atoms with E-state index in [9.17, 15) is 9.59 Å². The van der Waals surface area contributed by atoms with Crippen LogP contribution in [0.15, 0.2) is 39.1 Å². The number of hydrogen-bond acceptors (Lipinski definition) is 6. The number of aromatic nitrogens is 2. The smallest absolute Gasteiger partial charge is 0.267 e. The largest absolute Gasteiger partial charge is 0.497 e. The molecule has 0 aliphatic carbocycles. The van der Waals surface area contributed by atoms with Gasteiger partial charge in [-0.15, -0.1) is 11.8 Å². The highest BCUT2D eigenvalue weighted by atomic mass is 32.2. The van der Waals surface area contributed by atoms with Crippen molar-refractivity contribution in [3.8, 4) is 5.75 Å². The van der Waals surface area contributed by atoms with Crippen molar-refractivity contribution in [2.75, 3.05) is 18.2 Å². The molecule has 0 unspecified atom stereocenters. The van der Waals surface area contributed by atoms with Crippen molar-refractivity contribution in [2.24, 2.45) is 7.05 Å². The first kappa shape index (κ1) is 17.9. The minimum absolute atomic E-state index is 0.0302. The Hall–Kier alpha value is -1.93. The van der Waals surface area contributed by atoms with Crippen LogP contribution in [-0.4, -0.2) is 33.6 Å². The lowest BCUT2D eigenvalue weighted by molar-refractivity contribution is -0.113. The Morgan fingerprint density at radius 3 is 2.84 bits per heavy atom. The Labute approximate surface area is 154 Å². The molecule has 1 aliphatic heterocycles. The summed E-state index contributed by atoms with van der Waals surface area (Å²) in [7, 11) is 3.29. The van der Waals surface area contributed by atoms with Gasteiger partial charge in [-0.05, 0) is 24.3 Å². The van der Waals surface area contributed by atoms with E-state index in [-0.39, 0.29) is 17.2 Å². The molecular weight excluding hydrogens is 358 g/mol. The van der Waals surface area contributed by atoms with Crippen LogP contribution in [-0.2, 0) is 18.3 Å². The van der Waals surface area contributed by atoms with Crippen molar-refractivity contribution in [2.45, 2.75) is 28.6 Å². The predicted octanol–water partition coefficient (Wildman–Crippen LogP) is 2.56. The van der Waals surface area contributed by atoms with Crippen molar-refractivity contribution in [1.29, 1.82) is 0 Å². The molecule has 0 spiro atoms. The third kappa shape index (κ3) is 4.01. The number of amides is 1. The fourth-order valence-corrected chi connectivity index (χ4v) is 4.44. The summed E-state index contributed by atoms with van der Waals surface area (Å²) in [5.74, 6) is 0.776. The number of anilines is 1. The topological polar surface area (TPSA) is 73.2 Å². The maximum absolute atomic E-state index is 12.4. The van der Waals surface area contributed by atoms with Crippen LogP contribution in [0.4, 0.5) is 5.69 Å². The number of hydrogen-bond donors (Lipinski definition) is 1. The molecule has 132 valence electrons. The third-order valence-corrected chi connectivity index (χ3v) is 6.03. The second-order valence-corrected chi connectivity index (χ2v) is 8.12. The zero-order chi connectivity index (χ0) is 18.0. The first-order valence-electron chi connectivity index (χ1n) is 7.81. The molecule has 1 atom stereocenters. The first-order chi connectivity index (χ1) is 12.0. The van der Waals surface area contributed by atoms with Crippen LogP contribution in [0.3, 0.4) is 0 Å². The predicted molar refractivity (Wildman–Crippen MR) is 101 cm³/mol. The maximum atomic E-state index is 12.4. The lowest BCUT2D eigenvalue weighted by atomic mass is 10.2. The quantitative estimate of drug-likeness (QED) is 0.638. The number of rotatable bonds is 5. The van der Waals surface area contributed by atoms with Gasteiger partial charge < -0.3 is 10.1 Å². The summed E-state index contributed by atoms with van der Waals surface area (Å²) in [6, 6.07) is 7.13. The summed E-state index contributed by atoms with van der Waals surface area (Å²) in [6.07, 6.45) is 0.793. The minimum Gasteiger partial charge on any atom is -0.497 e. The van der Waals surface area contributed by atoms with Gasteiger partial charge in [-0.25, -0.2) is 4.98 Å². The Kier molecular flexibility index (Phi) is 5.39. The number of carbonyl (C=O) groups is 1. The van der Waals surface area contributed by atoms with Crippen molar-refractivity contribution in [3.05, 3.63) is 40.3 Å². The first-order valence-corrected chi connectivity index (χ1v) is 9.67. The molecule has 1 aliphatic rings. The summed E-state index contributed by atoms with van der Waals surface area (Å²) in [6.45, 7) is 2.08. The molecule has 1 aromatic heterocycles. The Bertz CT molecular complexity index is 849. The van der Waals surface area contributed by atoms with E-state index in [0.29, 0.717) is 16.1 Å². The van der Waals surface area contributed by atoms with Gasteiger partial charge in [0.2, 0.25) is 5.91 Å². The lowest BCUT2D eigenvalue weighted by Gasteiger charge is -2.09. The van der Waals surface area contributed by atoms with Crippen molar-refractivity contribution in [3.63, 3.8) is 0 Å². The van der Waals surface area contributed by atoms with Crippen LogP contribution < -0.4 is 15.6 Å². The van der Waals surface area contributed by atoms with Gasteiger partial charge in [-0.2, -0.15) is 0 Å². The summed E-state index contributed by atoms with van der Waals surface area (Å²) in [5.41, 5.74) is 1.52. The average Bonchev–Trinajstić information content (AvgIpc) is 2.98. The molecular formula is C17H19N3O3S2. The van der Waals surface area contributed by atoms with Crippen molar-refractivity contribution >= 4 is 35.1 Å². The molecule has 0 fully saturated rings. The zero-order valence-corrected chi connectivity index (χ0v) is 15.9. The second kappa shape index (κ2) is 7.53. The Morgan fingerprint density at radius 2 is 2.16 bits per heavy atom. The minimum atomic E-state index is -0.146. The van der Waals surface area contributed by atoms with E-state index >= 15 is 0 Å². The number of methoxy groups -OCH3 is 1. The van der Waals surface area contributed by atoms with E-state index in [1.165, 1.54) is 16.3 Å². The van der Waals surface area contributed by atoms with Crippen LogP contribution in [0.25, 0.3) is 0 Å². The van der Waals surface area contributed by atoms with Crippen LogP contribution in [0, 0.1) is 0 Å². The molecule has 8 heteroatoms. The molecule has 0 saturated carbocycles. The molecule has 3 rings (SSSR count). The Morgan fingerprint density at radius 1 is 1.44 bits per heavy atom. The summed E-state index contributed by atoms with van der Waals surface area (Å²) >= 11 is 2.84. The second-order valence-electron chi connectivity index (χ2n) is 5.73. The molecule has 0 saturated heterocycles. The molecule has 2 aromatic rings. The van der Waals surface area contributed by atoms with Crippen LogP contribution in [0.5, 0.6) is 5.75 Å². The van der Waals surface area contributed by atoms with Gasteiger partial charge in [0.25, 0.3) is 5.56 Å². The summed E-state index contributed by atoms with van der Waals surface area (Å²) in [5, 5.41) is 3.76. The molecule has 6 nitrogen and oxygen atoms in total. The lowest BCUT2D eigenvalue weighted by Crippen LogP contribution is -2.23. The fourth-order valence-electron chi connectivity index (χ4n) is 2.51.